The molecule has 3 aromatic carbocycles. The van der Waals surface area contributed by atoms with E-state index in [4.69, 9.17) is 11.5 Å². The van der Waals surface area contributed by atoms with Gasteiger partial charge in [-0.25, -0.2) is 0 Å². The zero-order chi connectivity index (χ0) is 14.7. The topological polar surface area (TPSA) is 64.1 Å². The van der Waals surface area contributed by atoms with Gasteiger partial charge >= 0.3 is 0 Å². The van der Waals surface area contributed by atoms with Crippen LogP contribution in [0.5, 0.6) is 0 Å². The van der Waals surface area contributed by atoms with Gasteiger partial charge in [0, 0.05) is 11.4 Å². The number of nitrogen functional groups attached to an aromatic ring is 2. The molecule has 0 saturated carbocycles. The van der Waals surface area contributed by atoms with Crippen molar-refractivity contribution in [2.45, 2.75) is 0 Å². The van der Waals surface area contributed by atoms with Crippen molar-refractivity contribution in [3.8, 4) is 11.1 Å². The Morgan fingerprint density at radius 3 is 1.86 bits per heavy atom. The number of anilines is 4. The molecule has 104 valence electrons. The van der Waals surface area contributed by atoms with Gasteiger partial charge in [0.15, 0.2) is 0 Å². The highest BCUT2D eigenvalue weighted by molar-refractivity contribution is 5.73. The second kappa shape index (κ2) is 5.59. The first-order valence-corrected chi connectivity index (χ1v) is 6.80. The molecule has 0 bridgehead atoms. The lowest BCUT2D eigenvalue weighted by atomic mass is 10.1. The number of rotatable bonds is 3. The van der Waals surface area contributed by atoms with Gasteiger partial charge in [-0.05, 0) is 41.5 Å². The van der Waals surface area contributed by atoms with Gasteiger partial charge in [0.05, 0.1) is 11.4 Å². The molecule has 3 nitrogen and oxygen atoms in total. The van der Waals surface area contributed by atoms with Crippen molar-refractivity contribution in [2.24, 2.45) is 0 Å². The normalized spacial score (nSPS) is 10.3. The van der Waals surface area contributed by atoms with E-state index in [-0.39, 0.29) is 0 Å². The maximum atomic E-state index is 5.81. The molecule has 0 spiro atoms. The number of nitrogens with two attached hydrogens (primary N) is 2. The number of hydrogen-bond donors (Lipinski definition) is 3. The minimum absolute atomic E-state index is 0.584. The summed E-state index contributed by atoms with van der Waals surface area (Å²) in [6, 6.07) is 24.1. The van der Waals surface area contributed by atoms with Crippen LogP contribution in [-0.4, -0.2) is 0 Å². The van der Waals surface area contributed by atoms with Crippen molar-refractivity contribution in [2.75, 3.05) is 16.8 Å². The summed E-state index contributed by atoms with van der Waals surface area (Å²) in [6.07, 6.45) is 0. The third-order valence-electron chi connectivity index (χ3n) is 3.37. The zero-order valence-electron chi connectivity index (χ0n) is 11.6. The number of nitrogens with one attached hydrogen (secondary N) is 1. The van der Waals surface area contributed by atoms with Gasteiger partial charge in [0.2, 0.25) is 0 Å². The van der Waals surface area contributed by atoms with Crippen LogP contribution >= 0.6 is 0 Å². The molecule has 0 heterocycles. The van der Waals surface area contributed by atoms with E-state index in [0.717, 1.165) is 11.4 Å². The van der Waals surface area contributed by atoms with Crippen LogP contribution in [0.15, 0.2) is 72.8 Å². The Morgan fingerprint density at radius 2 is 1.19 bits per heavy atom. The van der Waals surface area contributed by atoms with Crippen molar-refractivity contribution in [3.63, 3.8) is 0 Å². The summed E-state index contributed by atoms with van der Waals surface area (Å²) in [6.45, 7) is 0. The Balaban J connectivity index is 1.80. The molecule has 0 aromatic heterocycles. The lowest BCUT2D eigenvalue weighted by Crippen LogP contribution is -1.96. The largest absolute Gasteiger partial charge is 0.397 e. The average Bonchev–Trinajstić information content (AvgIpc) is 2.53. The van der Waals surface area contributed by atoms with Crippen LogP contribution in [0.3, 0.4) is 0 Å². The molecule has 0 aliphatic carbocycles. The maximum absolute atomic E-state index is 5.81. The predicted molar refractivity (Wildman–Crippen MR) is 90.4 cm³/mol. The summed E-state index contributed by atoms with van der Waals surface area (Å²) < 4.78 is 0. The van der Waals surface area contributed by atoms with Gasteiger partial charge in [0.25, 0.3) is 0 Å². The fourth-order valence-electron chi connectivity index (χ4n) is 2.20. The molecule has 3 heteroatoms. The van der Waals surface area contributed by atoms with Crippen LogP contribution < -0.4 is 16.8 Å². The SMILES string of the molecule is Nc1ccc(Nc2ccc(-c3ccccc3)cc2)cc1N. The van der Waals surface area contributed by atoms with Crippen molar-refractivity contribution in [1.29, 1.82) is 0 Å². The Morgan fingerprint density at radius 1 is 0.571 bits per heavy atom. The number of hydrogen-bond acceptors (Lipinski definition) is 3. The van der Waals surface area contributed by atoms with E-state index in [0.29, 0.717) is 11.4 Å². The lowest BCUT2D eigenvalue weighted by Gasteiger charge is -2.09. The zero-order valence-corrected chi connectivity index (χ0v) is 11.6. The van der Waals surface area contributed by atoms with E-state index in [1.165, 1.54) is 11.1 Å². The second-order valence-electron chi connectivity index (χ2n) is 4.91. The molecular weight excluding hydrogens is 258 g/mol. The minimum Gasteiger partial charge on any atom is -0.397 e. The van der Waals surface area contributed by atoms with E-state index in [9.17, 15) is 0 Å². The van der Waals surface area contributed by atoms with Crippen LogP contribution in [0.4, 0.5) is 22.7 Å². The van der Waals surface area contributed by atoms with Crippen molar-refractivity contribution in [1.82, 2.24) is 0 Å². The quantitative estimate of drug-likeness (QED) is 0.626. The Bertz CT molecular complexity index is 734. The Labute approximate surface area is 124 Å². The molecule has 3 aromatic rings. The Hall–Kier alpha value is -2.94. The van der Waals surface area contributed by atoms with Crippen LogP contribution in [0.2, 0.25) is 0 Å². The fourth-order valence-corrected chi connectivity index (χ4v) is 2.20. The van der Waals surface area contributed by atoms with Crippen LogP contribution in [-0.2, 0) is 0 Å². The smallest absolute Gasteiger partial charge is 0.0568 e. The fraction of sp³-hybridized carbons (Fsp3) is 0. The predicted octanol–water partition coefficient (Wildman–Crippen LogP) is 4.26. The van der Waals surface area contributed by atoms with E-state index in [2.05, 4.69) is 41.7 Å². The van der Waals surface area contributed by atoms with Crippen molar-refractivity contribution >= 4 is 22.7 Å². The molecule has 0 aliphatic heterocycles. The van der Waals surface area contributed by atoms with Crippen LogP contribution in [0.1, 0.15) is 0 Å². The first-order valence-electron chi connectivity index (χ1n) is 6.80. The van der Waals surface area contributed by atoms with Gasteiger partial charge in [-0.2, -0.15) is 0 Å². The molecule has 0 atom stereocenters. The van der Waals surface area contributed by atoms with Gasteiger partial charge in [0.1, 0.15) is 0 Å². The molecule has 3 rings (SSSR count). The molecular formula is C18H17N3. The summed E-state index contributed by atoms with van der Waals surface area (Å²) >= 11 is 0. The first kappa shape index (κ1) is 13.1. The van der Waals surface area contributed by atoms with Crippen molar-refractivity contribution in [3.05, 3.63) is 72.8 Å². The van der Waals surface area contributed by atoms with Gasteiger partial charge < -0.3 is 16.8 Å². The van der Waals surface area contributed by atoms with Gasteiger partial charge in [-0.1, -0.05) is 42.5 Å². The van der Waals surface area contributed by atoms with E-state index < -0.39 is 0 Å². The number of benzene rings is 3. The van der Waals surface area contributed by atoms with Gasteiger partial charge in [-0.3, -0.25) is 0 Å². The Kier molecular flexibility index (Phi) is 3.48. The molecule has 0 radical (unpaired) electrons. The molecule has 5 N–H and O–H groups in total. The molecule has 21 heavy (non-hydrogen) atoms. The maximum Gasteiger partial charge on any atom is 0.0568 e. The summed E-state index contributed by atoms with van der Waals surface area (Å²) in [5.74, 6) is 0. The third kappa shape index (κ3) is 2.98. The van der Waals surface area contributed by atoms with E-state index >= 15 is 0 Å². The lowest BCUT2D eigenvalue weighted by molar-refractivity contribution is 1.54. The average molecular weight is 275 g/mol. The highest BCUT2D eigenvalue weighted by Crippen LogP contribution is 2.25. The second-order valence-corrected chi connectivity index (χ2v) is 4.91. The minimum atomic E-state index is 0.584. The standard InChI is InChI=1S/C18H17N3/c19-17-11-10-16(12-18(17)20)21-15-8-6-14(7-9-15)13-4-2-1-3-5-13/h1-12,21H,19-20H2. The van der Waals surface area contributed by atoms with E-state index in [1.807, 2.05) is 30.3 Å². The summed E-state index contributed by atoms with van der Waals surface area (Å²) in [5, 5.41) is 3.32. The summed E-state index contributed by atoms with van der Waals surface area (Å²) in [7, 11) is 0. The van der Waals surface area contributed by atoms with Gasteiger partial charge in [-0.15, -0.1) is 0 Å². The van der Waals surface area contributed by atoms with Crippen LogP contribution in [0, 0.1) is 0 Å². The molecule has 0 amide bonds. The van der Waals surface area contributed by atoms with Crippen LogP contribution in [0.25, 0.3) is 11.1 Å². The van der Waals surface area contributed by atoms with Crippen molar-refractivity contribution < 1.29 is 0 Å². The molecule has 0 aliphatic rings. The molecule has 0 unspecified atom stereocenters. The highest BCUT2D eigenvalue weighted by atomic mass is 14.9. The summed E-state index contributed by atoms with van der Waals surface area (Å²) in [4.78, 5) is 0. The molecule has 0 saturated heterocycles. The molecule has 0 fully saturated rings. The monoisotopic (exact) mass is 275 g/mol. The first-order chi connectivity index (χ1) is 10.2. The summed E-state index contributed by atoms with van der Waals surface area (Å²) in [5.41, 5.74) is 17.0. The highest BCUT2D eigenvalue weighted by Gasteiger charge is 2.00. The van der Waals surface area contributed by atoms with E-state index in [1.54, 1.807) is 6.07 Å². The third-order valence-corrected chi connectivity index (χ3v) is 3.37.